The highest BCUT2D eigenvalue weighted by Crippen LogP contribution is 2.13. The number of aromatic nitrogens is 2. The van der Waals surface area contributed by atoms with E-state index in [2.05, 4.69) is 21.0 Å². The summed E-state index contributed by atoms with van der Waals surface area (Å²) >= 11 is 0. The first-order valence-electron chi connectivity index (χ1n) is 8.76. The van der Waals surface area contributed by atoms with Crippen LogP contribution in [0.2, 0.25) is 0 Å². The number of hydrogen-bond acceptors (Lipinski definition) is 6. The van der Waals surface area contributed by atoms with Gasteiger partial charge in [0, 0.05) is 10.9 Å². The first kappa shape index (κ1) is 19.7. The molecular formula is C20H18N4O5. The van der Waals surface area contributed by atoms with E-state index in [0.29, 0.717) is 22.0 Å². The molecule has 0 aliphatic rings. The number of nitrogens with zero attached hydrogens (tertiary/aromatic N) is 1. The Hall–Kier alpha value is -4.01. The maximum absolute atomic E-state index is 12.2. The number of rotatable bonds is 5. The monoisotopic (exact) mass is 394 g/mol. The van der Waals surface area contributed by atoms with E-state index in [-0.39, 0.29) is 12.0 Å². The van der Waals surface area contributed by atoms with Crippen molar-refractivity contribution in [2.45, 2.75) is 19.4 Å². The van der Waals surface area contributed by atoms with Crippen LogP contribution in [0.5, 0.6) is 0 Å². The molecule has 3 N–H and O–H groups in total. The number of benzene rings is 2. The number of fused-ring (bicyclic) bond motifs is 1. The van der Waals surface area contributed by atoms with E-state index >= 15 is 0 Å². The van der Waals surface area contributed by atoms with Crippen LogP contribution in [0.25, 0.3) is 10.8 Å². The maximum atomic E-state index is 12.2. The summed E-state index contributed by atoms with van der Waals surface area (Å²) in [6.07, 6.45) is -1.38. The summed E-state index contributed by atoms with van der Waals surface area (Å²) in [6, 6.07) is 15.0. The molecule has 0 saturated heterocycles. The Bertz CT molecular complexity index is 1110. The van der Waals surface area contributed by atoms with E-state index in [1.165, 1.54) is 6.92 Å². The fourth-order valence-electron chi connectivity index (χ4n) is 2.62. The lowest BCUT2D eigenvalue weighted by molar-refractivity contribution is -0.154. The number of carbonyl (C=O) groups excluding carboxylic acids is 3. The van der Waals surface area contributed by atoms with Crippen molar-refractivity contribution in [3.63, 3.8) is 0 Å². The number of ether oxygens (including phenoxy) is 1. The van der Waals surface area contributed by atoms with Gasteiger partial charge in [-0.25, -0.2) is 5.10 Å². The Morgan fingerprint density at radius 2 is 1.66 bits per heavy atom. The lowest BCUT2D eigenvalue weighted by Gasteiger charge is -2.14. The highest BCUT2D eigenvalue weighted by Gasteiger charge is 2.20. The highest BCUT2D eigenvalue weighted by atomic mass is 16.5. The molecule has 0 fully saturated rings. The zero-order chi connectivity index (χ0) is 20.8. The van der Waals surface area contributed by atoms with Crippen molar-refractivity contribution < 1.29 is 19.1 Å². The van der Waals surface area contributed by atoms with E-state index in [1.54, 1.807) is 54.6 Å². The molecule has 148 valence electrons. The molecule has 0 radical (unpaired) electrons. The number of nitrogens with one attached hydrogen (secondary N) is 3. The second kappa shape index (κ2) is 8.79. The van der Waals surface area contributed by atoms with Crippen molar-refractivity contribution in [1.29, 1.82) is 0 Å². The zero-order valence-electron chi connectivity index (χ0n) is 15.5. The first-order valence-corrected chi connectivity index (χ1v) is 8.76. The van der Waals surface area contributed by atoms with E-state index in [0.717, 1.165) is 0 Å². The molecule has 0 bridgehead atoms. The van der Waals surface area contributed by atoms with Crippen LogP contribution in [0, 0.1) is 0 Å². The van der Waals surface area contributed by atoms with Crippen LogP contribution in [0.1, 0.15) is 23.0 Å². The van der Waals surface area contributed by atoms with Crippen molar-refractivity contribution in [2.75, 3.05) is 0 Å². The molecule has 0 aliphatic carbocycles. The smallest absolute Gasteiger partial charge is 0.312 e. The van der Waals surface area contributed by atoms with E-state index in [1.807, 2.05) is 0 Å². The first-order chi connectivity index (χ1) is 14.0. The molecule has 0 saturated carbocycles. The average Bonchev–Trinajstić information content (AvgIpc) is 2.74. The Labute approximate surface area is 165 Å². The lowest BCUT2D eigenvalue weighted by Crippen LogP contribution is -2.46. The van der Waals surface area contributed by atoms with Gasteiger partial charge in [-0.1, -0.05) is 36.4 Å². The molecule has 29 heavy (non-hydrogen) atoms. The Kier molecular flexibility index (Phi) is 5.98. The number of hydrogen-bond donors (Lipinski definition) is 3. The van der Waals surface area contributed by atoms with Crippen molar-refractivity contribution in [1.82, 2.24) is 21.0 Å². The normalized spacial score (nSPS) is 11.5. The number of esters is 1. The van der Waals surface area contributed by atoms with Crippen molar-refractivity contribution in [2.24, 2.45) is 0 Å². The van der Waals surface area contributed by atoms with Crippen LogP contribution in [-0.2, 0) is 20.7 Å². The fraction of sp³-hybridized carbons (Fsp3) is 0.150. The van der Waals surface area contributed by atoms with Crippen LogP contribution in [0.4, 0.5) is 0 Å². The van der Waals surface area contributed by atoms with Crippen molar-refractivity contribution in [3.8, 4) is 0 Å². The molecule has 2 amide bonds. The molecular weight excluding hydrogens is 376 g/mol. The number of H-pyrrole nitrogens is 1. The van der Waals surface area contributed by atoms with Gasteiger partial charge < -0.3 is 4.74 Å². The highest BCUT2D eigenvalue weighted by molar-refractivity contribution is 5.96. The van der Waals surface area contributed by atoms with E-state index < -0.39 is 23.9 Å². The summed E-state index contributed by atoms with van der Waals surface area (Å²) < 4.78 is 5.10. The third kappa shape index (κ3) is 4.83. The predicted molar refractivity (Wildman–Crippen MR) is 104 cm³/mol. The van der Waals surface area contributed by atoms with Crippen LogP contribution in [-0.4, -0.2) is 34.1 Å². The topological polar surface area (TPSA) is 130 Å². The van der Waals surface area contributed by atoms with Gasteiger partial charge in [0.1, 0.15) is 0 Å². The molecule has 3 rings (SSSR count). The Morgan fingerprint density at radius 1 is 1.00 bits per heavy atom. The minimum Gasteiger partial charge on any atom is -0.452 e. The van der Waals surface area contributed by atoms with Crippen LogP contribution in [0.15, 0.2) is 59.4 Å². The Balaban J connectivity index is 1.57. The number of aromatic amines is 1. The lowest BCUT2D eigenvalue weighted by atomic mass is 10.1. The van der Waals surface area contributed by atoms with Gasteiger partial charge in [0.2, 0.25) is 0 Å². The van der Waals surface area contributed by atoms with Gasteiger partial charge in [-0.15, -0.1) is 0 Å². The SMILES string of the molecule is C[C@H](OC(=O)Cc1n[nH]c(=O)c2ccccc12)C(=O)NNC(=O)c1ccccc1. The standard InChI is InChI=1S/C20H18N4O5/c1-12(18(26)22-23-19(27)13-7-3-2-4-8-13)29-17(25)11-16-14-9-5-6-10-15(14)20(28)24-21-16/h2-10,12H,11H2,1H3,(H,22,26)(H,23,27)(H,24,28)/t12-/m0/s1. The fourth-order valence-corrected chi connectivity index (χ4v) is 2.62. The van der Waals surface area contributed by atoms with Gasteiger partial charge in [0.05, 0.1) is 17.5 Å². The molecule has 0 spiro atoms. The summed E-state index contributed by atoms with van der Waals surface area (Å²) in [6.45, 7) is 1.38. The number of carbonyl (C=O) groups is 3. The number of hydrazine groups is 1. The van der Waals surface area contributed by atoms with Gasteiger partial charge in [0.15, 0.2) is 6.10 Å². The second-order valence-corrected chi connectivity index (χ2v) is 6.16. The van der Waals surface area contributed by atoms with E-state index in [4.69, 9.17) is 4.74 Å². The molecule has 3 aromatic rings. The summed E-state index contributed by atoms with van der Waals surface area (Å²) in [5, 5.41) is 7.16. The quantitative estimate of drug-likeness (QED) is 0.435. The summed E-state index contributed by atoms with van der Waals surface area (Å²) in [7, 11) is 0. The molecule has 9 heteroatoms. The molecule has 1 atom stereocenters. The predicted octanol–water partition coefficient (Wildman–Crippen LogP) is 0.858. The van der Waals surface area contributed by atoms with Gasteiger partial charge in [-0.3, -0.25) is 30.0 Å². The zero-order valence-corrected chi connectivity index (χ0v) is 15.5. The largest absolute Gasteiger partial charge is 0.452 e. The molecule has 0 unspecified atom stereocenters. The van der Waals surface area contributed by atoms with Crippen molar-refractivity contribution >= 4 is 28.6 Å². The summed E-state index contributed by atoms with van der Waals surface area (Å²) in [4.78, 5) is 48.0. The van der Waals surface area contributed by atoms with Crippen molar-refractivity contribution in [3.05, 3.63) is 76.2 Å². The Morgan fingerprint density at radius 3 is 2.38 bits per heavy atom. The second-order valence-electron chi connectivity index (χ2n) is 6.16. The summed E-state index contributed by atoms with van der Waals surface area (Å²) in [5.74, 6) is -1.89. The van der Waals surface area contributed by atoms with Gasteiger partial charge in [0.25, 0.3) is 17.4 Å². The minimum absolute atomic E-state index is 0.231. The van der Waals surface area contributed by atoms with Crippen LogP contribution >= 0.6 is 0 Å². The van der Waals surface area contributed by atoms with Gasteiger partial charge >= 0.3 is 5.97 Å². The maximum Gasteiger partial charge on any atom is 0.312 e. The van der Waals surface area contributed by atoms with Gasteiger partial charge in [-0.05, 0) is 25.1 Å². The average molecular weight is 394 g/mol. The molecule has 1 aromatic heterocycles. The van der Waals surface area contributed by atoms with Crippen LogP contribution in [0.3, 0.4) is 0 Å². The summed E-state index contributed by atoms with van der Waals surface area (Å²) in [5.41, 5.74) is 4.80. The molecule has 9 nitrogen and oxygen atoms in total. The van der Waals surface area contributed by atoms with Gasteiger partial charge in [-0.2, -0.15) is 5.10 Å². The molecule has 1 heterocycles. The number of amides is 2. The molecule has 2 aromatic carbocycles. The third-order valence-corrected chi connectivity index (χ3v) is 4.10. The molecule has 0 aliphatic heterocycles. The minimum atomic E-state index is -1.15. The third-order valence-electron chi connectivity index (χ3n) is 4.10. The van der Waals surface area contributed by atoms with Crippen LogP contribution < -0.4 is 16.4 Å². The van der Waals surface area contributed by atoms with E-state index in [9.17, 15) is 19.2 Å².